The maximum absolute atomic E-state index is 3.94. The van der Waals surface area contributed by atoms with Crippen LogP contribution in [0.4, 0.5) is 5.13 Å². The average molecular weight is 130 g/mol. The third-order valence-electron chi connectivity index (χ3n) is 0.646. The van der Waals surface area contributed by atoms with Crippen LogP contribution in [0, 0.1) is 0 Å². The summed E-state index contributed by atoms with van der Waals surface area (Å²) in [5, 5.41) is 5.82. The van der Waals surface area contributed by atoms with Gasteiger partial charge in [0.1, 0.15) is 0 Å². The SMILES string of the molecule is C.CNc1nccs1. The molecule has 46 valence electrons. The molecule has 0 atom stereocenters. The van der Waals surface area contributed by atoms with Gasteiger partial charge in [0.2, 0.25) is 0 Å². The summed E-state index contributed by atoms with van der Waals surface area (Å²) in [6.45, 7) is 0. The average Bonchev–Trinajstić information content (AvgIpc) is 2.14. The molecule has 1 rings (SSSR count). The predicted molar refractivity (Wildman–Crippen MR) is 38.4 cm³/mol. The number of nitrogens with one attached hydrogen (secondary N) is 1. The molecule has 3 heteroatoms. The molecule has 0 aliphatic carbocycles. The maximum Gasteiger partial charge on any atom is 0.182 e. The fourth-order valence-electron chi connectivity index (χ4n) is 0.347. The van der Waals surface area contributed by atoms with Crippen molar-refractivity contribution in [1.82, 2.24) is 4.98 Å². The van der Waals surface area contributed by atoms with Crippen LogP contribution in [0.1, 0.15) is 7.43 Å². The number of nitrogens with zero attached hydrogens (tertiary/aromatic N) is 1. The largest absolute Gasteiger partial charge is 0.365 e. The first kappa shape index (κ1) is 7.43. The van der Waals surface area contributed by atoms with E-state index in [1.54, 1.807) is 17.5 Å². The predicted octanol–water partition coefficient (Wildman–Crippen LogP) is 1.82. The lowest BCUT2D eigenvalue weighted by atomic mass is 11.0. The molecular weight excluding hydrogens is 120 g/mol. The number of anilines is 1. The molecule has 0 unspecified atom stereocenters. The molecule has 0 radical (unpaired) electrons. The molecule has 2 nitrogen and oxygen atoms in total. The van der Waals surface area contributed by atoms with Crippen LogP contribution in [0.2, 0.25) is 0 Å². The highest BCUT2D eigenvalue weighted by molar-refractivity contribution is 7.13. The first-order chi connectivity index (χ1) is 3.43. The summed E-state index contributed by atoms with van der Waals surface area (Å²) < 4.78 is 0. The quantitative estimate of drug-likeness (QED) is 0.627. The zero-order valence-electron chi connectivity index (χ0n) is 4.01. The van der Waals surface area contributed by atoms with Crippen molar-refractivity contribution in [3.05, 3.63) is 11.6 Å². The molecule has 0 amide bonds. The van der Waals surface area contributed by atoms with Crippen molar-refractivity contribution < 1.29 is 0 Å². The van der Waals surface area contributed by atoms with Crippen LogP contribution in [0.15, 0.2) is 11.6 Å². The second kappa shape index (κ2) is 3.43. The summed E-state index contributed by atoms with van der Waals surface area (Å²) in [6.07, 6.45) is 1.77. The lowest BCUT2D eigenvalue weighted by Crippen LogP contribution is -1.83. The minimum Gasteiger partial charge on any atom is -0.365 e. The van der Waals surface area contributed by atoms with Crippen LogP contribution in [0.3, 0.4) is 0 Å². The van der Waals surface area contributed by atoms with Crippen LogP contribution in [0.5, 0.6) is 0 Å². The summed E-state index contributed by atoms with van der Waals surface area (Å²) in [5.74, 6) is 0. The Balaban J connectivity index is 0.000000490. The number of aromatic nitrogens is 1. The smallest absolute Gasteiger partial charge is 0.182 e. The molecular formula is C5H10N2S. The molecule has 0 bridgehead atoms. The van der Waals surface area contributed by atoms with E-state index in [1.807, 2.05) is 12.4 Å². The normalized spacial score (nSPS) is 7.62. The minimum absolute atomic E-state index is 0. The highest BCUT2D eigenvalue weighted by atomic mass is 32.1. The minimum atomic E-state index is 0. The molecule has 0 aliphatic rings. The van der Waals surface area contributed by atoms with Crippen molar-refractivity contribution in [3.8, 4) is 0 Å². The first-order valence-electron chi connectivity index (χ1n) is 2.00. The third-order valence-corrected chi connectivity index (χ3v) is 1.44. The standard InChI is InChI=1S/C4H6N2S.CH4/c1-5-4-6-2-3-7-4;/h2-3H,1H3,(H,5,6);1H4. The van der Waals surface area contributed by atoms with Gasteiger partial charge < -0.3 is 5.32 Å². The van der Waals surface area contributed by atoms with Crippen LogP contribution in [-0.2, 0) is 0 Å². The highest BCUT2D eigenvalue weighted by Gasteiger charge is 1.82. The molecule has 1 N–H and O–H groups in total. The summed E-state index contributed by atoms with van der Waals surface area (Å²) in [6, 6.07) is 0. The van der Waals surface area contributed by atoms with E-state index >= 15 is 0 Å². The lowest BCUT2D eigenvalue weighted by Gasteiger charge is -1.84. The summed E-state index contributed by atoms with van der Waals surface area (Å²) in [7, 11) is 1.86. The van der Waals surface area contributed by atoms with Gasteiger partial charge in [-0.1, -0.05) is 7.43 Å². The molecule has 0 saturated carbocycles. The fraction of sp³-hybridized carbons (Fsp3) is 0.400. The van der Waals surface area contributed by atoms with Gasteiger partial charge in [0.05, 0.1) is 0 Å². The molecule has 0 aromatic carbocycles. The van der Waals surface area contributed by atoms with E-state index in [1.165, 1.54) is 0 Å². The second-order valence-electron chi connectivity index (χ2n) is 1.09. The van der Waals surface area contributed by atoms with Crippen LogP contribution >= 0.6 is 11.3 Å². The molecule has 1 aromatic heterocycles. The van der Waals surface area contributed by atoms with Crippen molar-refractivity contribution in [3.63, 3.8) is 0 Å². The van der Waals surface area contributed by atoms with E-state index in [0.717, 1.165) is 5.13 Å². The van der Waals surface area contributed by atoms with E-state index in [4.69, 9.17) is 0 Å². The monoisotopic (exact) mass is 130 g/mol. The van der Waals surface area contributed by atoms with Crippen LogP contribution in [0.25, 0.3) is 0 Å². The zero-order valence-corrected chi connectivity index (χ0v) is 4.83. The van der Waals surface area contributed by atoms with Gasteiger partial charge in [0.15, 0.2) is 5.13 Å². The van der Waals surface area contributed by atoms with Gasteiger partial charge in [-0.05, 0) is 0 Å². The summed E-state index contributed by atoms with van der Waals surface area (Å²) in [4.78, 5) is 3.94. The van der Waals surface area contributed by atoms with Gasteiger partial charge in [0, 0.05) is 18.6 Å². The van der Waals surface area contributed by atoms with Crippen molar-refractivity contribution in [2.24, 2.45) is 0 Å². The Labute approximate surface area is 53.6 Å². The third kappa shape index (κ3) is 1.50. The summed E-state index contributed by atoms with van der Waals surface area (Å²) >= 11 is 1.60. The van der Waals surface area contributed by atoms with Crippen LogP contribution in [-0.4, -0.2) is 12.0 Å². The molecule has 0 aliphatic heterocycles. The van der Waals surface area contributed by atoms with Crippen LogP contribution < -0.4 is 5.32 Å². The fourth-order valence-corrected chi connectivity index (χ4v) is 0.837. The second-order valence-corrected chi connectivity index (χ2v) is 1.98. The van der Waals surface area contributed by atoms with Crippen molar-refractivity contribution >= 4 is 16.5 Å². The topological polar surface area (TPSA) is 24.9 Å². The number of thiazole rings is 1. The first-order valence-corrected chi connectivity index (χ1v) is 2.88. The van der Waals surface area contributed by atoms with Gasteiger partial charge in [0.25, 0.3) is 0 Å². The Morgan fingerprint density at radius 1 is 1.75 bits per heavy atom. The van der Waals surface area contributed by atoms with Gasteiger partial charge >= 0.3 is 0 Å². The lowest BCUT2D eigenvalue weighted by molar-refractivity contribution is 1.37. The Morgan fingerprint density at radius 2 is 2.50 bits per heavy atom. The van der Waals surface area contributed by atoms with Crippen molar-refractivity contribution in [1.29, 1.82) is 0 Å². The van der Waals surface area contributed by atoms with Crippen molar-refractivity contribution in [2.45, 2.75) is 7.43 Å². The number of hydrogen-bond acceptors (Lipinski definition) is 3. The van der Waals surface area contributed by atoms with E-state index in [0.29, 0.717) is 0 Å². The van der Waals surface area contributed by atoms with E-state index < -0.39 is 0 Å². The molecule has 8 heavy (non-hydrogen) atoms. The number of hydrogen-bond donors (Lipinski definition) is 1. The summed E-state index contributed by atoms with van der Waals surface area (Å²) in [5.41, 5.74) is 0. The van der Waals surface area contributed by atoms with E-state index in [2.05, 4.69) is 10.3 Å². The molecule has 0 fully saturated rings. The zero-order chi connectivity index (χ0) is 5.11. The highest BCUT2D eigenvalue weighted by Crippen LogP contribution is 2.07. The molecule has 0 spiro atoms. The van der Waals surface area contributed by atoms with Gasteiger partial charge in [-0.15, -0.1) is 11.3 Å². The molecule has 1 aromatic rings. The maximum atomic E-state index is 3.94. The Hall–Kier alpha value is -0.570. The van der Waals surface area contributed by atoms with E-state index in [-0.39, 0.29) is 7.43 Å². The van der Waals surface area contributed by atoms with Gasteiger partial charge in [-0.2, -0.15) is 0 Å². The van der Waals surface area contributed by atoms with E-state index in [9.17, 15) is 0 Å². The Bertz CT molecular complexity index is 125. The number of rotatable bonds is 1. The molecule has 1 heterocycles. The Kier molecular flexibility index (Phi) is 3.19. The van der Waals surface area contributed by atoms with Crippen molar-refractivity contribution in [2.75, 3.05) is 12.4 Å². The van der Waals surface area contributed by atoms with Gasteiger partial charge in [-0.3, -0.25) is 0 Å². The van der Waals surface area contributed by atoms with Gasteiger partial charge in [-0.25, -0.2) is 4.98 Å². The Morgan fingerprint density at radius 3 is 2.75 bits per heavy atom. The molecule has 0 saturated heterocycles.